The fourth-order valence-corrected chi connectivity index (χ4v) is 6.92. The molecule has 0 saturated carbocycles. The number of anilines is 1. The number of thiophene rings is 1. The summed E-state index contributed by atoms with van der Waals surface area (Å²) in [7, 11) is 0. The molecule has 0 radical (unpaired) electrons. The molecule has 33 heavy (non-hydrogen) atoms. The summed E-state index contributed by atoms with van der Waals surface area (Å²) in [6.45, 7) is 12.6. The van der Waals surface area contributed by atoms with Crippen LogP contribution in [0.15, 0.2) is 24.3 Å². The number of ether oxygens (including phenoxy) is 2. The number of hydrogen-bond acceptors (Lipinski definition) is 5. The minimum Gasteiger partial charge on any atom is -0.462 e. The Labute approximate surface area is 200 Å². The lowest BCUT2D eigenvalue weighted by molar-refractivity contribution is 0.0525. The number of nitrogens with one attached hydrogen (secondary N) is 1. The molecular formula is C27H35NO4S. The summed E-state index contributed by atoms with van der Waals surface area (Å²) in [5.41, 5.74) is 3.40. The Morgan fingerprint density at radius 3 is 2.42 bits per heavy atom. The molecular weight excluding hydrogens is 434 g/mol. The molecule has 6 heteroatoms. The Morgan fingerprint density at radius 2 is 1.79 bits per heavy atom. The summed E-state index contributed by atoms with van der Waals surface area (Å²) < 4.78 is 10.9. The zero-order valence-electron chi connectivity index (χ0n) is 20.4. The van der Waals surface area contributed by atoms with Crippen molar-refractivity contribution in [3.8, 4) is 0 Å². The van der Waals surface area contributed by atoms with Gasteiger partial charge in [0.2, 0.25) is 0 Å². The van der Waals surface area contributed by atoms with Crippen molar-refractivity contribution >= 4 is 28.2 Å². The van der Waals surface area contributed by atoms with Crippen LogP contribution in [0.1, 0.15) is 96.5 Å². The van der Waals surface area contributed by atoms with Gasteiger partial charge in [-0.2, -0.15) is 0 Å². The number of hydrogen-bond donors (Lipinski definition) is 1. The number of carbonyl (C=O) groups is 2. The van der Waals surface area contributed by atoms with Gasteiger partial charge in [0.1, 0.15) is 5.00 Å². The van der Waals surface area contributed by atoms with Crippen LogP contribution in [0.2, 0.25) is 0 Å². The first-order valence-electron chi connectivity index (χ1n) is 11.9. The largest absolute Gasteiger partial charge is 0.462 e. The van der Waals surface area contributed by atoms with Crippen LogP contribution in [0.3, 0.4) is 0 Å². The van der Waals surface area contributed by atoms with Gasteiger partial charge in [0.25, 0.3) is 5.91 Å². The molecule has 1 saturated heterocycles. The lowest BCUT2D eigenvalue weighted by atomic mass is 9.65. The molecule has 1 aliphatic heterocycles. The van der Waals surface area contributed by atoms with E-state index in [1.807, 2.05) is 31.2 Å². The Balaban J connectivity index is 1.63. The minimum absolute atomic E-state index is 0.0695. The van der Waals surface area contributed by atoms with Gasteiger partial charge in [0.15, 0.2) is 0 Å². The predicted molar refractivity (Wildman–Crippen MR) is 133 cm³/mol. The second-order valence-corrected chi connectivity index (χ2v) is 11.7. The minimum atomic E-state index is -0.353. The summed E-state index contributed by atoms with van der Waals surface area (Å²) in [6, 6.07) is 7.85. The van der Waals surface area contributed by atoms with Gasteiger partial charge in [0, 0.05) is 23.7 Å². The summed E-state index contributed by atoms with van der Waals surface area (Å²) >= 11 is 1.53. The van der Waals surface area contributed by atoms with Gasteiger partial charge in [-0.15, -0.1) is 11.3 Å². The molecule has 0 bridgehead atoms. The second-order valence-electron chi connectivity index (χ2n) is 10.7. The normalized spacial score (nSPS) is 19.5. The van der Waals surface area contributed by atoms with Crippen molar-refractivity contribution in [1.29, 1.82) is 0 Å². The average molecular weight is 470 g/mol. The molecule has 2 heterocycles. The molecule has 0 atom stereocenters. The van der Waals surface area contributed by atoms with Crippen LogP contribution in [-0.4, -0.2) is 31.7 Å². The number of fused-ring (bicyclic) bond motifs is 1. The van der Waals surface area contributed by atoms with Gasteiger partial charge in [0.05, 0.1) is 12.2 Å². The zero-order chi connectivity index (χ0) is 23.8. The van der Waals surface area contributed by atoms with Crippen LogP contribution in [-0.2, 0) is 21.3 Å². The fraction of sp³-hybridized carbons (Fsp3) is 0.556. The molecule has 4 rings (SSSR count). The quantitative estimate of drug-likeness (QED) is 0.520. The molecule has 5 nitrogen and oxygen atoms in total. The Morgan fingerprint density at radius 1 is 1.12 bits per heavy atom. The molecule has 1 aromatic carbocycles. The molecule has 2 aliphatic rings. The van der Waals surface area contributed by atoms with E-state index in [1.54, 1.807) is 0 Å². The molecule has 1 N–H and O–H groups in total. The standard InChI is InChI=1S/C27H35NO4S/c1-6-32-25(30)21-20-15-26(2,3)16-27(4,5)22(20)33-24(21)28-23(29)19-9-7-17(8-10-19)18-11-13-31-14-12-18/h7-10,18H,6,11-16H2,1-5H3,(H,28,29). The smallest absolute Gasteiger partial charge is 0.341 e. The van der Waals surface area contributed by atoms with Crippen LogP contribution in [0, 0.1) is 5.41 Å². The summed E-state index contributed by atoms with van der Waals surface area (Å²) in [5, 5.41) is 3.65. The molecule has 1 fully saturated rings. The predicted octanol–water partition coefficient (Wildman–Crippen LogP) is 6.32. The molecule has 1 aliphatic carbocycles. The van der Waals surface area contributed by atoms with Crippen molar-refractivity contribution in [3.05, 3.63) is 51.4 Å². The number of amides is 1. The van der Waals surface area contributed by atoms with E-state index in [1.165, 1.54) is 21.8 Å². The van der Waals surface area contributed by atoms with E-state index in [0.29, 0.717) is 28.7 Å². The van der Waals surface area contributed by atoms with Gasteiger partial charge in [-0.25, -0.2) is 4.79 Å². The highest BCUT2D eigenvalue weighted by molar-refractivity contribution is 7.17. The SMILES string of the molecule is CCOC(=O)c1c(NC(=O)c2ccc(C3CCOCC3)cc2)sc2c1CC(C)(C)CC2(C)C. The van der Waals surface area contributed by atoms with E-state index in [2.05, 4.69) is 33.0 Å². The van der Waals surface area contributed by atoms with E-state index in [0.717, 1.165) is 44.5 Å². The van der Waals surface area contributed by atoms with Crippen molar-refractivity contribution in [2.75, 3.05) is 25.1 Å². The number of benzene rings is 1. The summed E-state index contributed by atoms with van der Waals surface area (Å²) in [6.07, 6.45) is 3.85. The van der Waals surface area contributed by atoms with Crippen molar-refractivity contribution in [1.82, 2.24) is 0 Å². The second kappa shape index (κ2) is 9.22. The number of rotatable bonds is 5. The summed E-state index contributed by atoms with van der Waals surface area (Å²) in [4.78, 5) is 27.3. The highest BCUT2D eigenvalue weighted by atomic mass is 32.1. The fourth-order valence-electron chi connectivity index (χ4n) is 5.62. The third-order valence-electron chi connectivity index (χ3n) is 6.77. The Kier molecular flexibility index (Phi) is 6.70. The number of esters is 1. The van der Waals surface area contributed by atoms with E-state index >= 15 is 0 Å². The molecule has 1 amide bonds. The highest BCUT2D eigenvalue weighted by Gasteiger charge is 2.42. The van der Waals surface area contributed by atoms with Crippen LogP contribution in [0.4, 0.5) is 5.00 Å². The van der Waals surface area contributed by atoms with E-state index in [4.69, 9.17) is 9.47 Å². The first-order chi connectivity index (χ1) is 15.6. The van der Waals surface area contributed by atoms with Gasteiger partial charge < -0.3 is 14.8 Å². The monoisotopic (exact) mass is 469 g/mol. The maximum absolute atomic E-state index is 13.2. The molecule has 1 aromatic heterocycles. The maximum atomic E-state index is 13.2. The third-order valence-corrected chi connectivity index (χ3v) is 8.28. The van der Waals surface area contributed by atoms with Crippen molar-refractivity contribution in [2.24, 2.45) is 5.41 Å². The maximum Gasteiger partial charge on any atom is 0.341 e. The Hall–Kier alpha value is -2.18. The Bertz CT molecular complexity index is 1030. The van der Waals surface area contributed by atoms with Gasteiger partial charge in [-0.1, -0.05) is 39.8 Å². The summed E-state index contributed by atoms with van der Waals surface area (Å²) in [5.74, 6) is -0.0655. The molecule has 0 unspecified atom stereocenters. The van der Waals surface area contributed by atoms with E-state index in [9.17, 15) is 9.59 Å². The molecule has 178 valence electrons. The highest BCUT2D eigenvalue weighted by Crippen LogP contribution is 2.52. The first-order valence-corrected chi connectivity index (χ1v) is 12.8. The van der Waals surface area contributed by atoms with Crippen LogP contribution < -0.4 is 5.32 Å². The lowest BCUT2D eigenvalue weighted by Crippen LogP contribution is -2.34. The zero-order valence-corrected chi connectivity index (χ0v) is 21.2. The third kappa shape index (κ3) is 5.02. The van der Waals surface area contributed by atoms with E-state index in [-0.39, 0.29) is 22.7 Å². The van der Waals surface area contributed by atoms with Gasteiger partial charge >= 0.3 is 5.97 Å². The molecule has 0 spiro atoms. The van der Waals surface area contributed by atoms with Crippen molar-refractivity contribution in [3.63, 3.8) is 0 Å². The van der Waals surface area contributed by atoms with Crippen molar-refractivity contribution < 1.29 is 19.1 Å². The molecule has 2 aromatic rings. The topological polar surface area (TPSA) is 64.6 Å². The van der Waals surface area contributed by atoms with Gasteiger partial charge in [-0.3, -0.25) is 4.79 Å². The van der Waals surface area contributed by atoms with Crippen LogP contribution in [0.25, 0.3) is 0 Å². The van der Waals surface area contributed by atoms with E-state index < -0.39 is 0 Å². The van der Waals surface area contributed by atoms with Crippen LogP contribution in [0.5, 0.6) is 0 Å². The average Bonchev–Trinajstić information content (AvgIpc) is 3.11. The van der Waals surface area contributed by atoms with Crippen molar-refractivity contribution in [2.45, 2.75) is 71.6 Å². The van der Waals surface area contributed by atoms with Crippen LogP contribution >= 0.6 is 11.3 Å². The van der Waals surface area contributed by atoms with Gasteiger partial charge in [-0.05, 0) is 72.6 Å². The lowest BCUT2D eigenvalue weighted by Gasteiger charge is -2.40. The first kappa shape index (κ1) is 24.0. The number of carbonyl (C=O) groups excluding carboxylic acids is 2.